The first-order valence-electron chi connectivity index (χ1n) is 7.67. The van der Waals surface area contributed by atoms with Gasteiger partial charge in [0.05, 0.1) is 11.4 Å². The molecule has 1 aromatic heterocycles. The zero-order chi connectivity index (χ0) is 16.3. The third kappa shape index (κ3) is 4.82. The highest BCUT2D eigenvalue weighted by Gasteiger charge is 2.28. The first-order valence-corrected chi connectivity index (χ1v) is 7.67. The smallest absolute Gasteiger partial charge is 0.407 e. The fourth-order valence-corrected chi connectivity index (χ4v) is 2.42. The summed E-state index contributed by atoms with van der Waals surface area (Å²) in [5.74, 6) is 0.547. The largest absolute Gasteiger partial charge is 0.444 e. The van der Waals surface area contributed by atoms with Crippen LogP contribution in [0.2, 0.25) is 0 Å². The van der Waals surface area contributed by atoms with E-state index < -0.39 is 5.60 Å². The second-order valence-corrected chi connectivity index (χ2v) is 6.80. The molecule has 0 unspecified atom stereocenters. The monoisotopic (exact) mass is 307 g/mol. The second-order valence-electron chi connectivity index (χ2n) is 6.80. The van der Waals surface area contributed by atoms with Crippen LogP contribution in [-0.4, -0.2) is 39.0 Å². The number of ether oxygens (including phenoxy) is 1. The molecular weight excluding hydrogens is 282 g/mol. The van der Waals surface area contributed by atoms with E-state index in [1.807, 2.05) is 34.6 Å². The molecule has 2 atom stereocenters. The van der Waals surface area contributed by atoms with Gasteiger partial charge in [0, 0.05) is 12.1 Å². The van der Waals surface area contributed by atoms with Crippen LogP contribution in [0, 0.1) is 13.8 Å². The van der Waals surface area contributed by atoms with E-state index in [1.165, 1.54) is 0 Å². The van der Waals surface area contributed by atoms with Crippen molar-refractivity contribution in [2.45, 2.75) is 71.6 Å². The van der Waals surface area contributed by atoms with Crippen LogP contribution in [0.1, 0.15) is 51.4 Å². The highest BCUT2D eigenvalue weighted by molar-refractivity contribution is 5.68. The highest BCUT2D eigenvalue weighted by Crippen LogP contribution is 2.22. The topological polar surface area (TPSA) is 89.0 Å². The Hall–Kier alpha value is -1.92. The van der Waals surface area contributed by atoms with Gasteiger partial charge in [0.25, 0.3) is 0 Å². The molecule has 1 aliphatic carbocycles. The molecule has 22 heavy (non-hydrogen) atoms. The lowest BCUT2D eigenvalue weighted by Gasteiger charge is -2.21. The molecule has 1 heterocycles. The molecular formula is C15H25N5O2. The van der Waals surface area contributed by atoms with Crippen molar-refractivity contribution >= 4 is 12.0 Å². The molecule has 0 bridgehead atoms. The van der Waals surface area contributed by atoms with E-state index in [0.717, 1.165) is 30.7 Å². The number of carbonyl (C=O) groups excluding carboxylic acids is 1. The Bertz CT molecular complexity index is 541. The van der Waals surface area contributed by atoms with Crippen LogP contribution in [-0.2, 0) is 4.74 Å². The van der Waals surface area contributed by atoms with Crippen molar-refractivity contribution in [2.75, 3.05) is 5.32 Å². The highest BCUT2D eigenvalue weighted by atomic mass is 16.6. The standard InChI is InChI=1S/C15H25N5O2/c1-9-10(2)19-20-13(16-9)17-11-6-7-12(8-11)18-14(21)22-15(3,4)5/h11-12H,6-8H2,1-5H3,(H,18,21)(H,16,17,20)/t11-,12-/m0/s1. The molecule has 7 heteroatoms. The number of amides is 1. The van der Waals surface area contributed by atoms with Gasteiger partial charge < -0.3 is 15.4 Å². The van der Waals surface area contributed by atoms with E-state index in [-0.39, 0.29) is 18.2 Å². The summed E-state index contributed by atoms with van der Waals surface area (Å²) in [4.78, 5) is 16.1. The average Bonchev–Trinajstić information content (AvgIpc) is 2.78. The van der Waals surface area contributed by atoms with Crippen LogP contribution in [0.4, 0.5) is 10.7 Å². The second kappa shape index (κ2) is 6.46. The van der Waals surface area contributed by atoms with Gasteiger partial charge in [-0.05, 0) is 53.9 Å². The van der Waals surface area contributed by atoms with Crippen molar-refractivity contribution < 1.29 is 9.53 Å². The third-order valence-corrected chi connectivity index (χ3v) is 3.58. The minimum absolute atomic E-state index is 0.117. The van der Waals surface area contributed by atoms with Gasteiger partial charge in [-0.15, -0.1) is 5.10 Å². The molecule has 7 nitrogen and oxygen atoms in total. The number of anilines is 1. The molecule has 122 valence electrons. The number of alkyl carbamates (subject to hydrolysis) is 1. The van der Waals surface area contributed by atoms with Gasteiger partial charge in [-0.3, -0.25) is 0 Å². The number of nitrogens with one attached hydrogen (secondary N) is 2. The summed E-state index contributed by atoms with van der Waals surface area (Å²) in [6.07, 6.45) is 2.34. The maximum atomic E-state index is 11.8. The Balaban J connectivity index is 1.82. The number of aromatic nitrogens is 3. The Morgan fingerprint density at radius 2 is 1.82 bits per heavy atom. The number of aryl methyl sites for hydroxylation is 2. The molecule has 1 fully saturated rings. The summed E-state index contributed by atoms with van der Waals surface area (Å²) in [5, 5.41) is 14.3. The molecule has 1 saturated carbocycles. The predicted octanol–water partition coefficient (Wildman–Crippen LogP) is 2.35. The first kappa shape index (κ1) is 16.5. The average molecular weight is 307 g/mol. The Morgan fingerprint density at radius 1 is 1.14 bits per heavy atom. The van der Waals surface area contributed by atoms with Crippen LogP contribution in [0.3, 0.4) is 0 Å². The number of nitrogens with zero attached hydrogens (tertiary/aromatic N) is 3. The third-order valence-electron chi connectivity index (χ3n) is 3.58. The number of hydrogen-bond acceptors (Lipinski definition) is 6. The summed E-state index contributed by atoms with van der Waals surface area (Å²) in [7, 11) is 0. The lowest BCUT2D eigenvalue weighted by atomic mass is 10.2. The molecule has 2 rings (SSSR count). The summed E-state index contributed by atoms with van der Waals surface area (Å²) < 4.78 is 5.28. The molecule has 0 spiro atoms. The Morgan fingerprint density at radius 3 is 2.45 bits per heavy atom. The minimum atomic E-state index is -0.473. The molecule has 0 saturated heterocycles. The fraction of sp³-hybridized carbons (Fsp3) is 0.733. The normalized spacial score (nSPS) is 21.5. The van der Waals surface area contributed by atoms with Crippen molar-refractivity contribution in [1.29, 1.82) is 0 Å². The van der Waals surface area contributed by atoms with Gasteiger partial charge in [0.15, 0.2) is 0 Å². The maximum absolute atomic E-state index is 11.8. The van der Waals surface area contributed by atoms with Gasteiger partial charge >= 0.3 is 6.09 Å². The van der Waals surface area contributed by atoms with E-state index in [1.54, 1.807) is 0 Å². The van der Waals surface area contributed by atoms with Crippen LogP contribution in [0.25, 0.3) is 0 Å². The molecule has 1 aliphatic rings. The summed E-state index contributed by atoms with van der Waals surface area (Å²) in [6, 6.07) is 0.357. The van der Waals surface area contributed by atoms with Crippen molar-refractivity contribution in [3.8, 4) is 0 Å². The van der Waals surface area contributed by atoms with E-state index in [4.69, 9.17) is 4.74 Å². The van der Waals surface area contributed by atoms with E-state index in [0.29, 0.717) is 5.95 Å². The number of rotatable bonds is 3. The summed E-state index contributed by atoms with van der Waals surface area (Å²) in [6.45, 7) is 9.37. The summed E-state index contributed by atoms with van der Waals surface area (Å²) >= 11 is 0. The molecule has 0 aliphatic heterocycles. The molecule has 2 N–H and O–H groups in total. The van der Waals surface area contributed by atoms with Crippen molar-refractivity contribution in [1.82, 2.24) is 20.5 Å². The van der Waals surface area contributed by atoms with E-state index in [2.05, 4.69) is 25.8 Å². The van der Waals surface area contributed by atoms with Crippen molar-refractivity contribution in [3.63, 3.8) is 0 Å². The van der Waals surface area contributed by atoms with Gasteiger partial charge in [0.2, 0.25) is 5.95 Å². The van der Waals surface area contributed by atoms with E-state index >= 15 is 0 Å². The minimum Gasteiger partial charge on any atom is -0.444 e. The number of hydrogen-bond donors (Lipinski definition) is 2. The lowest BCUT2D eigenvalue weighted by molar-refractivity contribution is 0.0505. The van der Waals surface area contributed by atoms with Crippen molar-refractivity contribution in [2.24, 2.45) is 0 Å². The Kier molecular flexibility index (Phi) is 4.83. The fourth-order valence-electron chi connectivity index (χ4n) is 2.42. The molecule has 1 aromatic rings. The van der Waals surface area contributed by atoms with Crippen molar-refractivity contribution in [3.05, 3.63) is 11.4 Å². The van der Waals surface area contributed by atoms with Crippen LogP contribution in [0.5, 0.6) is 0 Å². The van der Waals surface area contributed by atoms with Gasteiger partial charge in [-0.2, -0.15) is 5.10 Å². The van der Waals surface area contributed by atoms with Gasteiger partial charge in [-0.25, -0.2) is 9.78 Å². The molecule has 1 amide bonds. The molecule has 0 radical (unpaired) electrons. The zero-order valence-corrected chi connectivity index (χ0v) is 13.9. The lowest BCUT2D eigenvalue weighted by Crippen LogP contribution is -2.38. The van der Waals surface area contributed by atoms with Crippen LogP contribution >= 0.6 is 0 Å². The predicted molar refractivity (Wildman–Crippen MR) is 83.7 cm³/mol. The van der Waals surface area contributed by atoms with Crippen LogP contribution in [0.15, 0.2) is 0 Å². The van der Waals surface area contributed by atoms with E-state index in [9.17, 15) is 4.79 Å². The van der Waals surface area contributed by atoms with Gasteiger partial charge in [-0.1, -0.05) is 0 Å². The Labute approximate surface area is 131 Å². The zero-order valence-electron chi connectivity index (χ0n) is 13.9. The number of carbonyl (C=O) groups is 1. The van der Waals surface area contributed by atoms with Crippen LogP contribution < -0.4 is 10.6 Å². The summed E-state index contributed by atoms with van der Waals surface area (Å²) in [5.41, 5.74) is 1.24. The van der Waals surface area contributed by atoms with Gasteiger partial charge in [0.1, 0.15) is 5.60 Å². The quantitative estimate of drug-likeness (QED) is 0.891. The first-order chi connectivity index (χ1) is 10.2. The molecule has 0 aromatic carbocycles. The maximum Gasteiger partial charge on any atom is 0.407 e. The SMILES string of the molecule is Cc1nnc(N[C@H]2CC[C@H](NC(=O)OC(C)(C)C)C2)nc1C.